The Morgan fingerprint density at radius 1 is 0.512 bits per heavy atom. The molecule has 0 N–H and O–H groups in total. The Labute approximate surface area is 242 Å². The predicted molar refractivity (Wildman–Crippen MR) is 163 cm³/mol. The Kier molecular flexibility index (Phi) is 9.72. The monoisotopic (exact) mass is 541 g/mol. The van der Waals surface area contributed by atoms with E-state index in [2.05, 4.69) is 29.2 Å². The number of carbonyl (C=O) groups is 1. The van der Waals surface area contributed by atoms with Gasteiger partial charge in [-0.15, -0.1) is 0 Å². The third-order valence-electron chi connectivity index (χ3n) is 7.05. The Bertz CT molecular complexity index is 1420. The van der Waals surface area contributed by atoms with E-state index in [4.69, 9.17) is 9.47 Å². The van der Waals surface area contributed by atoms with E-state index in [1.54, 1.807) is 0 Å². The fourth-order valence-corrected chi connectivity index (χ4v) is 4.96. The van der Waals surface area contributed by atoms with Gasteiger partial charge in [-0.25, -0.2) is 4.79 Å². The van der Waals surface area contributed by atoms with Crippen molar-refractivity contribution in [3.05, 3.63) is 179 Å². The minimum atomic E-state index is -1.37. The molecule has 0 saturated heterocycles. The molecule has 0 bridgehead atoms. The number of ether oxygens (including phenoxy) is 2. The van der Waals surface area contributed by atoms with Crippen LogP contribution in [-0.2, 0) is 46.2 Å². The number of hydrogen-bond acceptors (Lipinski definition) is 4. The standard InChI is InChI=1S/C37H35NO3/c39-36(40-28-33-20-10-3-11-21-33)37(35-24-14-5-15-25-35,41-29-34-22-12-4-13-23-34)30-38(26-31-16-6-1-7-17-31)27-32-18-8-2-9-19-32/h1-25H,26-30H2/t37-/m1/s1. The second-order valence-corrected chi connectivity index (χ2v) is 10.1. The molecule has 1 atom stereocenters. The normalized spacial score (nSPS) is 12.5. The lowest BCUT2D eigenvalue weighted by molar-refractivity contribution is -0.182. The minimum absolute atomic E-state index is 0.167. The molecule has 5 rings (SSSR count). The van der Waals surface area contributed by atoms with Crippen LogP contribution in [0.25, 0.3) is 0 Å². The number of benzene rings is 5. The molecule has 0 spiro atoms. The van der Waals surface area contributed by atoms with Gasteiger partial charge in [0.15, 0.2) is 0 Å². The number of nitrogens with zero attached hydrogens (tertiary/aromatic N) is 1. The van der Waals surface area contributed by atoms with Crippen LogP contribution in [0.3, 0.4) is 0 Å². The van der Waals surface area contributed by atoms with Crippen molar-refractivity contribution in [1.82, 2.24) is 4.90 Å². The van der Waals surface area contributed by atoms with E-state index in [1.165, 1.54) is 0 Å². The first-order valence-corrected chi connectivity index (χ1v) is 14.0. The molecule has 0 aliphatic carbocycles. The maximum atomic E-state index is 14.3. The molecule has 5 aromatic rings. The SMILES string of the molecule is O=C(OCc1ccccc1)[C@](CN(Cc1ccccc1)Cc1ccccc1)(OCc1ccccc1)c1ccccc1. The summed E-state index contributed by atoms with van der Waals surface area (Å²) >= 11 is 0. The van der Waals surface area contributed by atoms with E-state index in [0.717, 1.165) is 27.8 Å². The lowest BCUT2D eigenvalue weighted by Gasteiger charge is -2.37. The smallest absolute Gasteiger partial charge is 0.344 e. The summed E-state index contributed by atoms with van der Waals surface area (Å²) in [7, 11) is 0. The highest BCUT2D eigenvalue weighted by Gasteiger charge is 2.45. The van der Waals surface area contributed by atoms with Crippen molar-refractivity contribution in [2.75, 3.05) is 6.54 Å². The summed E-state index contributed by atoms with van der Waals surface area (Å²) in [6, 6.07) is 50.1. The van der Waals surface area contributed by atoms with E-state index >= 15 is 0 Å². The van der Waals surface area contributed by atoms with Gasteiger partial charge in [0.25, 0.3) is 0 Å². The lowest BCUT2D eigenvalue weighted by atomic mass is 9.91. The van der Waals surface area contributed by atoms with E-state index in [9.17, 15) is 4.79 Å². The zero-order valence-corrected chi connectivity index (χ0v) is 23.1. The van der Waals surface area contributed by atoms with E-state index < -0.39 is 11.6 Å². The van der Waals surface area contributed by atoms with Gasteiger partial charge in [0.1, 0.15) is 6.61 Å². The van der Waals surface area contributed by atoms with Crippen LogP contribution in [-0.4, -0.2) is 17.4 Å². The average Bonchev–Trinajstić information content (AvgIpc) is 3.04. The molecule has 0 radical (unpaired) electrons. The van der Waals surface area contributed by atoms with Crippen LogP contribution in [0, 0.1) is 0 Å². The van der Waals surface area contributed by atoms with E-state index in [0.29, 0.717) is 19.6 Å². The van der Waals surface area contributed by atoms with Crippen molar-refractivity contribution in [2.24, 2.45) is 0 Å². The van der Waals surface area contributed by atoms with Crippen LogP contribution in [0.4, 0.5) is 0 Å². The molecule has 0 aliphatic rings. The molecule has 41 heavy (non-hydrogen) atoms. The summed E-state index contributed by atoms with van der Waals surface area (Å²) in [6.45, 7) is 2.03. The van der Waals surface area contributed by atoms with Gasteiger partial charge in [0.05, 0.1) is 6.61 Å². The van der Waals surface area contributed by atoms with Crippen molar-refractivity contribution in [2.45, 2.75) is 31.9 Å². The van der Waals surface area contributed by atoms with Crippen molar-refractivity contribution in [3.8, 4) is 0 Å². The van der Waals surface area contributed by atoms with Crippen LogP contribution in [0.15, 0.2) is 152 Å². The second-order valence-electron chi connectivity index (χ2n) is 10.1. The quantitative estimate of drug-likeness (QED) is 0.144. The summed E-state index contributed by atoms with van der Waals surface area (Å²) in [4.78, 5) is 16.6. The van der Waals surface area contributed by atoms with Crippen molar-refractivity contribution < 1.29 is 14.3 Å². The molecule has 0 saturated carbocycles. The molecular weight excluding hydrogens is 506 g/mol. The first-order valence-electron chi connectivity index (χ1n) is 14.0. The number of carbonyl (C=O) groups excluding carboxylic acids is 1. The predicted octanol–water partition coefficient (Wildman–Crippen LogP) is 7.54. The third kappa shape index (κ3) is 7.79. The summed E-state index contributed by atoms with van der Waals surface area (Å²) in [5, 5.41) is 0. The molecule has 5 aromatic carbocycles. The third-order valence-corrected chi connectivity index (χ3v) is 7.05. The fourth-order valence-electron chi connectivity index (χ4n) is 4.96. The zero-order valence-electron chi connectivity index (χ0n) is 23.1. The second kappa shape index (κ2) is 14.2. The van der Waals surface area contributed by atoms with Gasteiger partial charge in [0, 0.05) is 19.6 Å². The highest BCUT2D eigenvalue weighted by atomic mass is 16.6. The largest absolute Gasteiger partial charge is 0.458 e. The van der Waals surface area contributed by atoms with Crippen LogP contribution in [0.1, 0.15) is 27.8 Å². The molecule has 4 heteroatoms. The van der Waals surface area contributed by atoms with Gasteiger partial charge in [-0.2, -0.15) is 0 Å². The van der Waals surface area contributed by atoms with Crippen molar-refractivity contribution >= 4 is 5.97 Å². The molecule has 0 amide bonds. The number of hydrogen-bond donors (Lipinski definition) is 0. The molecule has 0 heterocycles. The summed E-state index contributed by atoms with van der Waals surface area (Å²) < 4.78 is 12.8. The van der Waals surface area contributed by atoms with Gasteiger partial charge in [-0.05, 0) is 27.8 Å². The summed E-state index contributed by atoms with van der Waals surface area (Å²) in [5.41, 5.74) is 3.63. The Morgan fingerprint density at radius 2 is 0.902 bits per heavy atom. The van der Waals surface area contributed by atoms with Crippen LogP contribution >= 0.6 is 0 Å². The van der Waals surface area contributed by atoms with E-state index in [1.807, 2.05) is 127 Å². The minimum Gasteiger partial charge on any atom is -0.458 e. The highest BCUT2D eigenvalue weighted by molar-refractivity contribution is 5.82. The Balaban J connectivity index is 1.53. The summed E-state index contributed by atoms with van der Waals surface area (Å²) in [6.07, 6.45) is 0. The maximum Gasteiger partial charge on any atom is 0.344 e. The molecule has 4 nitrogen and oxygen atoms in total. The van der Waals surface area contributed by atoms with Crippen molar-refractivity contribution in [1.29, 1.82) is 0 Å². The van der Waals surface area contributed by atoms with E-state index in [-0.39, 0.29) is 13.2 Å². The zero-order chi connectivity index (χ0) is 28.2. The number of rotatable bonds is 13. The average molecular weight is 542 g/mol. The Hall–Kier alpha value is -4.51. The van der Waals surface area contributed by atoms with Gasteiger partial charge in [-0.1, -0.05) is 152 Å². The lowest BCUT2D eigenvalue weighted by Crippen LogP contribution is -2.49. The molecule has 0 aliphatic heterocycles. The highest BCUT2D eigenvalue weighted by Crippen LogP contribution is 2.32. The van der Waals surface area contributed by atoms with Gasteiger partial charge in [0.2, 0.25) is 5.60 Å². The fraction of sp³-hybridized carbons (Fsp3) is 0.162. The molecule has 0 fully saturated rings. The first kappa shape index (κ1) is 28.0. The summed E-state index contributed by atoms with van der Waals surface area (Å²) in [5.74, 6) is -0.408. The van der Waals surface area contributed by atoms with Crippen LogP contribution in [0.5, 0.6) is 0 Å². The van der Waals surface area contributed by atoms with Crippen molar-refractivity contribution in [3.63, 3.8) is 0 Å². The van der Waals surface area contributed by atoms with Gasteiger partial charge in [-0.3, -0.25) is 4.90 Å². The molecule has 0 unspecified atom stereocenters. The molecule has 206 valence electrons. The molecule has 0 aromatic heterocycles. The topological polar surface area (TPSA) is 38.8 Å². The first-order chi connectivity index (χ1) is 20.2. The Morgan fingerprint density at radius 3 is 1.37 bits per heavy atom. The molecular formula is C37H35NO3. The van der Waals surface area contributed by atoms with Crippen LogP contribution < -0.4 is 0 Å². The van der Waals surface area contributed by atoms with Crippen LogP contribution in [0.2, 0.25) is 0 Å². The number of esters is 1. The maximum absolute atomic E-state index is 14.3. The van der Waals surface area contributed by atoms with Gasteiger partial charge < -0.3 is 9.47 Å². The van der Waals surface area contributed by atoms with Gasteiger partial charge >= 0.3 is 5.97 Å².